The second-order valence-corrected chi connectivity index (χ2v) is 3.81. The average molecular weight is 224 g/mol. The molecular formula is C10H16N4O2. The molecule has 0 saturated heterocycles. The Morgan fingerprint density at radius 2 is 2.38 bits per heavy atom. The van der Waals surface area contributed by atoms with Crippen molar-refractivity contribution in [2.75, 3.05) is 13.7 Å². The molecule has 0 aliphatic carbocycles. The van der Waals surface area contributed by atoms with E-state index in [0.717, 1.165) is 12.8 Å². The van der Waals surface area contributed by atoms with E-state index < -0.39 is 0 Å². The smallest absolute Gasteiger partial charge is 0.172 e. The molecule has 88 valence electrons. The van der Waals surface area contributed by atoms with Gasteiger partial charge >= 0.3 is 0 Å². The minimum Gasteiger partial charge on any atom is -0.394 e. The first kappa shape index (κ1) is 11.2. The highest BCUT2D eigenvalue weighted by Gasteiger charge is 2.29. The van der Waals surface area contributed by atoms with Gasteiger partial charge < -0.3 is 9.84 Å². The largest absolute Gasteiger partial charge is 0.394 e. The Bertz CT molecular complexity index is 312. The average Bonchev–Trinajstić information content (AvgIpc) is 2.74. The van der Waals surface area contributed by atoms with Gasteiger partial charge in [-0.3, -0.25) is 10.0 Å². The predicted molar refractivity (Wildman–Crippen MR) is 62.0 cm³/mol. The summed E-state index contributed by atoms with van der Waals surface area (Å²) in [5, 5.41) is 15.1. The molecular weight excluding hydrogens is 208 g/mol. The molecule has 0 spiro atoms. The lowest BCUT2D eigenvalue weighted by Crippen LogP contribution is -2.36. The third-order valence-electron chi connectivity index (χ3n) is 2.81. The Kier molecular flexibility index (Phi) is 3.63. The van der Waals surface area contributed by atoms with Crippen molar-refractivity contribution in [1.29, 1.82) is 0 Å². The predicted octanol–water partition coefficient (Wildman–Crippen LogP) is -0.117. The summed E-state index contributed by atoms with van der Waals surface area (Å²) in [5.74, 6) is 0. The van der Waals surface area contributed by atoms with Crippen molar-refractivity contribution in [3.8, 4) is 0 Å². The zero-order valence-corrected chi connectivity index (χ0v) is 9.23. The van der Waals surface area contributed by atoms with Crippen LogP contribution in [0.1, 0.15) is 12.8 Å². The number of aliphatic imine (C=N–C) groups is 2. The summed E-state index contributed by atoms with van der Waals surface area (Å²) in [5.41, 5.74) is 0. The van der Waals surface area contributed by atoms with Gasteiger partial charge in [-0.1, -0.05) is 0 Å². The van der Waals surface area contributed by atoms with Crippen LogP contribution in [0.15, 0.2) is 15.1 Å². The molecule has 1 N–H and O–H groups in total. The van der Waals surface area contributed by atoms with Crippen LogP contribution in [0.25, 0.3) is 0 Å². The van der Waals surface area contributed by atoms with Gasteiger partial charge in [0.2, 0.25) is 0 Å². The molecule has 2 aliphatic rings. The van der Waals surface area contributed by atoms with Crippen molar-refractivity contribution in [3.63, 3.8) is 0 Å². The van der Waals surface area contributed by atoms with E-state index >= 15 is 0 Å². The number of aliphatic hydroxyl groups excluding tert-OH is 1. The number of hydrazone groups is 1. The second-order valence-electron chi connectivity index (χ2n) is 3.81. The molecule has 0 radical (unpaired) electrons. The summed E-state index contributed by atoms with van der Waals surface area (Å²) in [6, 6.07) is 0.178. The van der Waals surface area contributed by atoms with E-state index in [1.807, 2.05) is 11.2 Å². The quantitative estimate of drug-likeness (QED) is 0.708. The highest BCUT2D eigenvalue weighted by Crippen LogP contribution is 2.19. The first-order valence-electron chi connectivity index (χ1n) is 5.36. The number of rotatable bonds is 5. The van der Waals surface area contributed by atoms with Crippen LogP contribution in [0.4, 0.5) is 0 Å². The summed E-state index contributed by atoms with van der Waals surface area (Å²) < 4.78 is 5.12. The molecule has 2 aliphatic heterocycles. The Morgan fingerprint density at radius 1 is 1.50 bits per heavy atom. The molecule has 6 heteroatoms. The molecule has 0 saturated carbocycles. The van der Waals surface area contributed by atoms with Crippen LogP contribution in [0, 0.1) is 0 Å². The minimum absolute atomic E-state index is 0.0501. The summed E-state index contributed by atoms with van der Waals surface area (Å²) in [6.45, 7) is 0.0501. The zero-order valence-electron chi connectivity index (χ0n) is 9.23. The van der Waals surface area contributed by atoms with Gasteiger partial charge in [0.15, 0.2) is 6.17 Å². The first-order chi connectivity index (χ1) is 7.85. The van der Waals surface area contributed by atoms with Crippen LogP contribution in [-0.4, -0.2) is 60.9 Å². The molecule has 2 rings (SSSR count). The highest BCUT2D eigenvalue weighted by molar-refractivity contribution is 5.82. The van der Waals surface area contributed by atoms with Crippen molar-refractivity contribution in [2.45, 2.75) is 31.2 Å². The van der Waals surface area contributed by atoms with E-state index in [0.29, 0.717) is 0 Å². The standard InChI is InChI=1S/C10H16N4O2/c1-16-9(6-15)3-2-8-4-12-10-5-11-7-13-14(8)10/h4-5,7-10,15H,2-3,6H2,1H3. The van der Waals surface area contributed by atoms with Crippen LogP contribution in [0.3, 0.4) is 0 Å². The van der Waals surface area contributed by atoms with Gasteiger partial charge in [-0.2, -0.15) is 5.10 Å². The van der Waals surface area contributed by atoms with E-state index in [-0.39, 0.29) is 24.9 Å². The lowest BCUT2D eigenvalue weighted by molar-refractivity contribution is 0.0384. The molecule has 0 aromatic rings. The Morgan fingerprint density at radius 3 is 3.12 bits per heavy atom. The number of hydrogen-bond acceptors (Lipinski definition) is 6. The van der Waals surface area contributed by atoms with Crippen LogP contribution >= 0.6 is 0 Å². The van der Waals surface area contributed by atoms with Crippen molar-refractivity contribution in [1.82, 2.24) is 5.01 Å². The van der Waals surface area contributed by atoms with E-state index in [1.165, 1.54) is 6.34 Å². The van der Waals surface area contributed by atoms with Gasteiger partial charge in [0.25, 0.3) is 0 Å². The van der Waals surface area contributed by atoms with E-state index in [9.17, 15) is 0 Å². The lowest BCUT2D eigenvalue weighted by atomic mass is 10.1. The number of fused-ring (bicyclic) bond motifs is 1. The van der Waals surface area contributed by atoms with Crippen molar-refractivity contribution < 1.29 is 9.84 Å². The van der Waals surface area contributed by atoms with Gasteiger partial charge in [-0.15, -0.1) is 0 Å². The molecule has 0 amide bonds. The summed E-state index contributed by atoms with van der Waals surface area (Å²) in [6.07, 6.45) is 6.69. The third kappa shape index (κ3) is 2.28. The summed E-state index contributed by atoms with van der Waals surface area (Å²) in [4.78, 5) is 8.25. The second kappa shape index (κ2) is 5.18. The topological polar surface area (TPSA) is 69.8 Å². The normalized spacial score (nSPS) is 28.5. The number of aliphatic hydroxyl groups is 1. The maximum absolute atomic E-state index is 9.01. The SMILES string of the molecule is COC(CO)CCC1C=NC2C=NC=NN12. The number of hydrogen-bond donors (Lipinski definition) is 1. The molecule has 0 fully saturated rings. The number of nitrogens with zero attached hydrogens (tertiary/aromatic N) is 4. The van der Waals surface area contributed by atoms with E-state index in [1.54, 1.807) is 13.3 Å². The highest BCUT2D eigenvalue weighted by atomic mass is 16.5. The third-order valence-corrected chi connectivity index (χ3v) is 2.81. The zero-order chi connectivity index (χ0) is 11.4. The molecule has 0 aromatic heterocycles. The summed E-state index contributed by atoms with van der Waals surface area (Å²) >= 11 is 0. The fourth-order valence-corrected chi connectivity index (χ4v) is 1.83. The maximum atomic E-state index is 9.01. The van der Waals surface area contributed by atoms with E-state index in [2.05, 4.69) is 15.1 Å². The molecule has 2 heterocycles. The minimum atomic E-state index is -0.102. The van der Waals surface area contributed by atoms with Crippen LogP contribution in [0.5, 0.6) is 0 Å². The fraction of sp³-hybridized carbons (Fsp3) is 0.700. The maximum Gasteiger partial charge on any atom is 0.172 e. The first-order valence-corrected chi connectivity index (χ1v) is 5.36. The van der Waals surface area contributed by atoms with Crippen LogP contribution < -0.4 is 0 Å². The van der Waals surface area contributed by atoms with Crippen molar-refractivity contribution in [3.05, 3.63) is 0 Å². The molecule has 0 aromatic carbocycles. The van der Waals surface area contributed by atoms with Gasteiger partial charge in [-0.05, 0) is 12.8 Å². The van der Waals surface area contributed by atoms with Crippen molar-refractivity contribution in [2.24, 2.45) is 15.1 Å². The Labute approximate surface area is 94.3 Å². The van der Waals surface area contributed by atoms with Crippen molar-refractivity contribution >= 4 is 18.8 Å². The molecule has 6 nitrogen and oxygen atoms in total. The Balaban J connectivity index is 1.85. The molecule has 0 bridgehead atoms. The summed E-state index contributed by atoms with van der Waals surface area (Å²) in [7, 11) is 1.61. The van der Waals surface area contributed by atoms with Gasteiger partial charge in [-0.25, -0.2) is 4.99 Å². The van der Waals surface area contributed by atoms with E-state index in [4.69, 9.17) is 9.84 Å². The molecule has 3 unspecified atom stereocenters. The van der Waals surface area contributed by atoms with Crippen LogP contribution in [-0.2, 0) is 4.74 Å². The van der Waals surface area contributed by atoms with Gasteiger partial charge in [0, 0.05) is 13.3 Å². The molecule has 3 atom stereocenters. The monoisotopic (exact) mass is 224 g/mol. The number of ether oxygens (including phenoxy) is 1. The molecule has 16 heavy (non-hydrogen) atoms. The number of methoxy groups -OCH3 is 1. The fourth-order valence-electron chi connectivity index (χ4n) is 1.83. The van der Waals surface area contributed by atoms with Gasteiger partial charge in [0.05, 0.1) is 25.0 Å². The van der Waals surface area contributed by atoms with Crippen LogP contribution in [0.2, 0.25) is 0 Å². The lowest BCUT2D eigenvalue weighted by Gasteiger charge is -2.25. The van der Waals surface area contributed by atoms with Gasteiger partial charge in [0.1, 0.15) is 6.34 Å². The Hall–Kier alpha value is -1.27.